The van der Waals surface area contributed by atoms with E-state index in [0.29, 0.717) is 0 Å². The Kier molecular flexibility index (Phi) is 9.75. The van der Waals surface area contributed by atoms with E-state index in [1.54, 1.807) is 0 Å². The number of benzene rings is 1. The second kappa shape index (κ2) is 10.4. The van der Waals surface area contributed by atoms with Crippen molar-refractivity contribution in [1.29, 1.82) is 0 Å². The van der Waals surface area contributed by atoms with Crippen LogP contribution in [0.15, 0.2) is 24.8 Å². The lowest BCUT2D eigenvalue weighted by Crippen LogP contribution is -2.64. The highest BCUT2D eigenvalue weighted by Crippen LogP contribution is 2.28. The molecule has 1 aromatic carbocycles. The summed E-state index contributed by atoms with van der Waals surface area (Å²) in [7, 11) is -12.2. The van der Waals surface area contributed by atoms with Gasteiger partial charge in [0.25, 0.3) is 0 Å². The molecule has 0 aliphatic heterocycles. The number of hydrogen-bond acceptors (Lipinski definition) is 5. The molecule has 11 heteroatoms. The van der Waals surface area contributed by atoms with Gasteiger partial charge in [0.1, 0.15) is 5.75 Å². The van der Waals surface area contributed by atoms with Crippen molar-refractivity contribution in [2.75, 3.05) is 0 Å². The molecule has 0 heterocycles. The van der Waals surface area contributed by atoms with Gasteiger partial charge in [0.05, 0.1) is 0 Å². The Balaban J connectivity index is 3.58. The van der Waals surface area contributed by atoms with Crippen molar-refractivity contribution in [3.8, 4) is 5.75 Å². The van der Waals surface area contributed by atoms with E-state index in [1.165, 1.54) is 0 Å². The third kappa shape index (κ3) is 11.5. The zero-order valence-corrected chi connectivity index (χ0v) is 28.2. The topological polar surface area (TPSA) is 46.2 Å². The molecule has 0 saturated carbocycles. The van der Waals surface area contributed by atoms with Crippen LogP contribution in [0, 0.1) is 0 Å². The molecular weight excluding hydrogens is 489 g/mol. The average molecular weight is 533 g/mol. The first-order valence-corrected chi connectivity index (χ1v) is 27.5. The Morgan fingerprint density at radius 3 is 1.52 bits per heavy atom. The van der Waals surface area contributed by atoms with Gasteiger partial charge in [-0.2, -0.15) is 0 Å². The molecule has 5 nitrogen and oxygen atoms in total. The van der Waals surface area contributed by atoms with Crippen LogP contribution in [-0.4, -0.2) is 52.1 Å². The second-order valence-corrected chi connectivity index (χ2v) is 34.4. The third-order valence-corrected chi connectivity index (χ3v) is 19.5. The molecular formula is C20H44O5Si6. The zero-order valence-electron chi connectivity index (χ0n) is 21.8. The van der Waals surface area contributed by atoms with Crippen LogP contribution in [0.2, 0.25) is 78.6 Å². The number of hydrogen-bond donors (Lipinski definition) is 0. The lowest BCUT2D eigenvalue weighted by Gasteiger charge is -2.41. The molecule has 0 fully saturated rings. The lowest BCUT2D eigenvalue weighted by atomic mass is 10.2. The summed E-state index contributed by atoms with van der Waals surface area (Å²) < 4.78 is 33.2. The van der Waals surface area contributed by atoms with E-state index in [1.807, 2.05) is 18.2 Å². The summed E-state index contributed by atoms with van der Waals surface area (Å²) in [4.78, 5) is 0. The maximum atomic E-state index is 6.77. The van der Waals surface area contributed by atoms with Gasteiger partial charge in [-0.25, -0.2) is 0 Å². The van der Waals surface area contributed by atoms with Crippen molar-refractivity contribution in [3.05, 3.63) is 30.3 Å². The Morgan fingerprint density at radius 1 is 0.710 bits per heavy atom. The molecule has 1 rings (SSSR count). The first-order chi connectivity index (χ1) is 13.7. The van der Waals surface area contributed by atoms with Gasteiger partial charge in [-0.05, 0) is 90.2 Å². The summed E-state index contributed by atoms with van der Waals surface area (Å²) in [6.07, 6.45) is 1.88. The number of rotatable bonds is 12. The van der Waals surface area contributed by atoms with E-state index < -0.39 is 52.1 Å². The van der Waals surface area contributed by atoms with Crippen molar-refractivity contribution < 1.29 is 20.9 Å². The van der Waals surface area contributed by atoms with Crippen LogP contribution in [0.25, 0.3) is 6.08 Å². The molecule has 0 aliphatic carbocycles. The average Bonchev–Trinajstić information content (AvgIpc) is 2.46. The molecule has 0 aromatic heterocycles. The van der Waals surface area contributed by atoms with Crippen molar-refractivity contribution in [2.45, 2.75) is 78.6 Å². The largest absolute Gasteiger partial charge is 0.717 e. The van der Waals surface area contributed by atoms with Gasteiger partial charge >= 0.3 is 9.05 Å². The van der Waals surface area contributed by atoms with Gasteiger partial charge in [-0.3, -0.25) is 0 Å². The first-order valence-electron chi connectivity index (χ1n) is 10.9. The molecule has 0 unspecified atom stereocenters. The summed E-state index contributed by atoms with van der Waals surface area (Å²) >= 11 is 0. The maximum Gasteiger partial charge on any atom is 0.717 e. The van der Waals surface area contributed by atoms with Crippen molar-refractivity contribution in [3.63, 3.8) is 0 Å². The zero-order chi connectivity index (χ0) is 24.3. The Bertz CT molecular complexity index is 704. The smallest absolute Gasteiger partial charge is 0.482 e. The molecule has 31 heavy (non-hydrogen) atoms. The molecule has 0 aliphatic rings. The van der Waals surface area contributed by atoms with E-state index in [2.05, 4.69) is 91.2 Å². The summed E-state index contributed by atoms with van der Waals surface area (Å²) in [5.41, 5.74) is 1.05. The fraction of sp³-hybridized carbons (Fsp3) is 0.600. The molecule has 0 N–H and O–H groups in total. The standard InChI is InChI=1S/C20H44O5Si6/c1-14-18-16-15-17-19(20(18)26-22-27(2,3)4)21-31(23-28(5,6)7,24-29(8,9)10)25-30(11,12)13/h14-17H,1,26H2,2-13H3. The lowest BCUT2D eigenvalue weighted by molar-refractivity contribution is 0.153. The van der Waals surface area contributed by atoms with Gasteiger partial charge < -0.3 is 20.9 Å². The highest BCUT2D eigenvalue weighted by molar-refractivity contribution is 6.88. The summed E-state index contributed by atoms with van der Waals surface area (Å²) in [5.74, 6) is 0.767. The molecule has 1 aromatic rings. The van der Waals surface area contributed by atoms with Crippen molar-refractivity contribution >= 4 is 63.3 Å². The minimum Gasteiger partial charge on any atom is -0.482 e. The van der Waals surface area contributed by atoms with Crippen LogP contribution in [0.1, 0.15) is 5.56 Å². The van der Waals surface area contributed by atoms with E-state index in [9.17, 15) is 0 Å². The van der Waals surface area contributed by atoms with Crippen LogP contribution < -0.4 is 9.61 Å². The van der Waals surface area contributed by atoms with Crippen LogP contribution >= 0.6 is 0 Å². The molecule has 0 bridgehead atoms. The van der Waals surface area contributed by atoms with E-state index in [0.717, 1.165) is 16.5 Å². The summed E-state index contributed by atoms with van der Waals surface area (Å²) in [6, 6.07) is 6.06. The predicted octanol–water partition coefficient (Wildman–Crippen LogP) is 5.26. The van der Waals surface area contributed by atoms with Gasteiger partial charge in [0.2, 0.25) is 0 Å². The quantitative estimate of drug-likeness (QED) is 0.344. The van der Waals surface area contributed by atoms with Crippen molar-refractivity contribution in [2.24, 2.45) is 0 Å². The molecule has 0 spiro atoms. The molecule has 0 atom stereocenters. The summed E-state index contributed by atoms with van der Waals surface area (Å²) in [6.45, 7) is 30.1. The molecule has 0 saturated heterocycles. The summed E-state index contributed by atoms with van der Waals surface area (Å²) in [5, 5.41) is 1.11. The second-order valence-electron chi connectivity index (χ2n) is 11.7. The SMILES string of the molecule is C=Cc1cccc(O[Si](O[Si](C)(C)C)(O[Si](C)(C)C)O[Si](C)(C)C)c1[SiH2]O[Si](C)(C)C. The van der Waals surface area contributed by atoms with Gasteiger partial charge in [0.15, 0.2) is 43.0 Å². The van der Waals surface area contributed by atoms with E-state index in [4.69, 9.17) is 20.9 Å². The molecule has 0 amide bonds. The van der Waals surface area contributed by atoms with Gasteiger partial charge in [0, 0.05) is 5.19 Å². The first kappa shape index (κ1) is 28.9. The van der Waals surface area contributed by atoms with E-state index >= 15 is 0 Å². The van der Waals surface area contributed by atoms with E-state index in [-0.39, 0.29) is 0 Å². The van der Waals surface area contributed by atoms with Crippen molar-refractivity contribution in [1.82, 2.24) is 0 Å². The molecule has 178 valence electrons. The highest BCUT2D eigenvalue weighted by Gasteiger charge is 2.56. The van der Waals surface area contributed by atoms with Crippen LogP contribution in [0.3, 0.4) is 0 Å². The van der Waals surface area contributed by atoms with Gasteiger partial charge in [-0.1, -0.05) is 24.8 Å². The van der Waals surface area contributed by atoms with Crippen LogP contribution in [0.4, 0.5) is 0 Å². The Hall–Kier alpha value is -0.0987. The monoisotopic (exact) mass is 532 g/mol. The predicted molar refractivity (Wildman–Crippen MR) is 149 cm³/mol. The molecule has 0 radical (unpaired) electrons. The minimum absolute atomic E-state index is 0.767. The maximum absolute atomic E-state index is 6.77. The Morgan fingerprint density at radius 2 is 1.16 bits per heavy atom. The van der Waals surface area contributed by atoms with Crippen LogP contribution in [-0.2, 0) is 16.5 Å². The normalized spacial score (nSPS) is 14.3. The third-order valence-electron chi connectivity index (χ3n) is 3.57. The van der Waals surface area contributed by atoms with Crippen LogP contribution in [0.5, 0.6) is 5.75 Å². The fourth-order valence-electron chi connectivity index (χ4n) is 2.70. The minimum atomic E-state index is -3.46. The fourth-order valence-corrected chi connectivity index (χ4v) is 17.5. The Labute approximate surface area is 198 Å². The van der Waals surface area contributed by atoms with Gasteiger partial charge in [-0.15, -0.1) is 0 Å². The highest BCUT2D eigenvalue weighted by atomic mass is 28.5.